The summed E-state index contributed by atoms with van der Waals surface area (Å²) >= 11 is 0. The largest absolute Gasteiger partial charge is 0.493 e. The lowest BCUT2D eigenvalue weighted by Gasteiger charge is -2.31. The molecule has 1 amide bonds. The molecule has 1 fully saturated rings. The summed E-state index contributed by atoms with van der Waals surface area (Å²) in [4.78, 5) is 22.5. The Bertz CT molecular complexity index is 1280. The molecule has 3 heterocycles. The number of carbonyl (C=O) groups is 1. The molecule has 5 rings (SSSR count). The first-order valence-corrected chi connectivity index (χ1v) is 12.7. The number of nitrogens with zero attached hydrogens (tertiary/aromatic N) is 3. The van der Waals surface area contributed by atoms with Crippen LogP contribution in [0.2, 0.25) is 0 Å². The first-order valence-electron chi connectivity index (χ1n) is 12.7. The van der Waals surface area contributed by atoms with Gasteiger partial charge in [-0.3, -0.25) is 4.98 Å². The maximum Gasteiger partial charge on any atom is 0.415 e. The number of hydrogen-bond acceptors (Lipinski definition) is 7. The fourth-order valence-electron chi connectivity index (χ4n) is 4.07. The van der Waals surface area contributed by atoms with Crippen molar-refractivity contribution in [3.05, 3.63) is 103 Å². The molecule has 2 aromatic carbocycles. The van der Waals surface area contributed by atoms with Crippen LogP contribution in [0.4, 0.5) is 4.79 Å². The summed E-state index contributed by atoms with van der Waals surface area (Å²) in [6, 6.07) is 24.2. The smallest absolute Gasteiger partial charge is 0.415 e. The van der Waals surface area contributed by atoms with Crippen LogP contribution in [0.3, 0.4) is 0 Å². The van der Waals surface area contributed by atoms with E-state index in [2.05, 4.69) is 9.97 Å². The predicted octanol–water partition coefficient (Wildman–Crippen LogP) is 5.93. The molecule has 0 N–H and O–H groups in total. The fourth-order valence-corrected chi connectivity index (χ4v) is 4.07. The molecular formula is C30H29N3O5. The maximum atomic E-state index is 12.7. The van der Waals surface area contributed by atoms with E-state index in [0.29, 0.717) is 37.1 Å². The minimum atomic E-state index is -0.340. The summed E-state index contributed by atoms with van der Waals surface area (Å²) in [7, 11) is 0. The minimum absolute atomic E-state index is 0.0373. The lowest BCUT2D eigenvalue weighted by Crippen LogP contribution is -2.43. The Morgan fingerprint density at radius 3 is 2.21 bits per heavy atom. The molecule has 4 aromatic rings. The number of amides is 1. The topological polar surface area (TPSA) is 83.0 Å². The van der Waals surface area contributed by atoms with Crippen molar-refractivity contribution in [2.45, 2.75) is 25.4 Å². The third-order valence-electron chi connectivity index (χ3n) is 6.12. The van der Waals surface area contributed by atoms with E-state index < -0.39 is 0 Å². The second-order valence-electron chi connectivity index (χ2n) is 8.84. The highest BCUT2D eigenvalue weighted by molar-refractivity contribution is 5.70. The van der Waals surface area contributed by atoms with Gasteiger partial charge in [0.05, 0.1) is 6.61 Å². The number of hydrogen-bond donors (Lipinski definition) is 0. The standard InChI is InChI=1S/C30H29N3O5/c34-30(38-27-6-4-23(5-7-27)16-22-35-24-12-18-31-19-13-24)33-20-14-28(15-21-33)36-25-8-10-26(11-9-25)37-29-3-1-2-17-32-29/h1-13,17-19,28H,14-16,20-22H2. The van der Waals surface area contributed by atoms with E-state index >= 15 is 0 Å². The average molecular weight is 512 g/mol. The van der Waals surface area contributed by atoms with E-state index in [0.717, 1.165) is 36.3 Å². The van der Waals surface area contributed by atoms with E-state index in [-0.39, 0.29) is 12.2 Å². The van der Waals surface area contributed by atoms with Gasteiger partial charge in [-0.1, -0.05) is 18.2 Å². The average Bonchev–Trinajstić information content (AvgIpc) is 2.96. The highest BCUT2D eigenvalue weighted by atomic mass is 16.6. The predicted molar refractivity (Wildman–Crippen MR) is 142 cm³/mol. The number of ether oxygens (including phenoxy) is 4. The zero-order valence-electron chi connectivity index (χ0n) is 20.9. The van der Waals surface area contributed by atoms with Crippen LogP contribution in [-0.2, 0) is 6.42 Å². The fraction of sp³-hybridized carbons (Fsp3) is 0.233. The van der Waals surface area contributed by atoms with E-state index in [9.17, 15) is 4.79 Å². The van der Waals surface area contributed by atoms with Crippen molar-refractivity contribution in [3.63, 3.8) is 0 Å². The van der Waals surface area contributed by atoms with Gasteiger partial charge in [0.2, 0.25) is 5.88 Å². The Morgan fingerprint density at radius 2 is 1.50 bits per heavy atom. The number of piperidine rings is 1. The van der Waals surface area contributed by atoms with Gasteiger partial charge in [0.25, 0.3) is 0 Å². The van der Waals surface area contributed by atoms with Gasteiger partial charge in [0, 0.05) is 57.0 Å². The molecule has 2 aromatic heterocycles. The molecule has 38 heavy (non-hydrogen) atoms. The minimum Gasteiger partial charge on any atom is -0.493 e. The number of benzene rings is 2. The summed E-state index contributed by atoms with van der Waals surface area (Å²) in [6.45, 7) is 1.72. The number of pyridine rings is 2. The van der Waals surface area contributed by atoms with Gasteiger partial charge in [0.15, 0.2) is 0 Å². The molecule has 1 aliphatic heterocycles. The van der Waals surface area contributed by atoms with Crippen molar-refractivity contribution < 1.29 is 23.7 Å². The highest BCUT2D eigenvalue weighted by Crippen LogP contribution is 2.25. The molecule has 194 valence electrons. The summed E-state index contributed by atoms with van der Waals surface area (Å²) < 4.78 is 23.1. The first kappa shape index (κ1) is 25.1. The molecular weight excluding hydrogens is 482 g/mol. The van der Waals surface area contributed by atoms with Crippen LogP contribution in [0.5, 0.6) is 28.9 Å². The zero-order chi connectivity index (χ0) is 26.0. The van der Waals surface area contributed by atoms with Crippen LogP contribution in [0.25, 0.3) is 0 Å². The molecule has 8 nitrogen and oxygen atoms in total. The van der Waals surface area contributed by atoms with Gasteiger partial charge < -0.3 is 23.8 Å². The lowest BCUT2D eigenvalue weighted by atomic mass is 10.1. The van der Waals surface area contributed by atoms with Gasteiger partial charge >= 0.3 is 6.09 Å². The molecule has 1 aliphatic rings. The quantitative estimate of drug-likeness (QED) is 0.275. The Hall–Kier alpha value is -4.59. The third kappa shape index (κ3) is 7.22. The molecule has 0 atom stereocenters. The van der Waals surface area contributed by atoms with Crippen molar-refractivity contribution >= 4 is 6.09 Å². The SMILES string of the molecule is O=C(Oc1ccc(CCOc2ccncc2)cc1)N1CCC(Oc2ccc(Oc3ccccn3)cc2)CC1. The second kappa shape index (κ2) is 12.6. The number of carbonyl (C=O) groups excluding carboxylic acids is 1. The highest BCUT2D eigenvalue weighted by Gasteiger charge is 2.25. The van der Waals surface area contributed by atoms with Gasteiger partial charge in [-0.2, -0.15) is 0 Å². The summed E-state index contributed by atoms with van der Waals surface area (Å²) in [5.41, 5.74) is 1.10. The Morgan fingerprint density at radius 1 is 0.789 bits per heavy atom. The molecule has 1 saturated heterocycles. The number of aromatic nitrogens is 2. The van der Waals surface area contributed by atoms with Crippen LogP contribution in [0, 0.1) is 0 Å². The van der Waals surface area contributed by atoms with Gasteiger partial charge in [0.1, 0.15) is 29.1 Å². The van der Waals surface area contributed by atoms with Crippen molar-refractivity contribution in [1.29, 1.82) is 0 Å². The van der Waals surface area contributed by atoms with Crippen molar-refractivity contribution in [2.75, 3.05) is 19.7 Å². The number of likely N-dealkylation sites (tertiary alicyclic amines) is 1. The third-order valence-corrected chi connectivity index (χ3v) is 6.12. The van der Waals surface area contributed by atoms with E-state index in [1.165, 1.54) is 0 Å². The molecule has 8 heteroatoms. The molecule has 0 spiro atoms. The molecule has 0 aliphatic carbocycles. The number of rotatable bonds is 9. The van der Waals surface area contributed by atoms with Gasteiger partial charge in [-0.25, -0.2) is 9.78 Å². The van der Waals surface area contributed by atoms with E-state index in [1.54, 1.807) is 29.6 Å². The molecule has 0 bridgehead atoms. The zero-order valence-corrected chi connectivity index (χ0v) is 20.9. The van der Waals surface area contributed by atoms with E-state index in [1.807, 2.05) is 72.8 Å². The molecule has 0 saturated carbocycles. The van der Waals surface area contributed by atoms with Gasteiger partial charge in [-0.05, 0) is 60.2 Å². The normalized spacial score (nSPS) is 13.5. The van der Waals surface area contributed by atoms with Crippen molar-refractivity contribution in [2.24, 2.45) is 0 Å². The van der Waals surface area contributed by atoms with Crippen LogP contribution in [0.15, 0.2) is 97.5 Å². The Kier molecular flexibility index (Phi) is 8.30. The van der Waals surface area contributed by atoms with Crippen molar-refractivity contribution in [1.82, 2.24) is 14.9 Å². The molecule has 0 radical (unpaired) electrons. The molecule has 0 unspecified atom stereocenters. The summed E-state index contributed by atoms with van der Waals surface area (Å²) in [5, 5.41) is 0. The van der Waals surface area contributed by atoms with Crippen LogP contribution in [-0.4, -0.2) is 46.8 Å². The van der Waals surface area contributed by atoms with E-state index in [4.69, 9.17) is 18.9 Å². The first-order chi connectivity index (χ1) is 18.7. The Balaban J connectivity index is 1.02. The lowest BCUT2D eigenvalue weighted by molar-refractivity contribution is 0.0930. The van der Waals surface area contributed by atoms with Crippen LogP contribution >= 0.6 is 0 Å². The second-order valence-corrected chi connectivity index (χ2v) is 8.84. The van der Waals surface area contributed by atoms with Crippen LogP contribution in [0.1, 0.15) is 18.4 Å². The monoisotopic (exact) mass is 511 g/mol. The summed E-state index contributed by atoms with van der Waals surface area (Å²) in [6.07, 6.45) is 7.01. The van der Waals surface area contributed by atoms with Crippen LogP contribution < -0.4 is 18.9 Å². The summed E-state index contributed by atoms with van der Waals surface area (Å²) in [5.74, 6) is 3.33. The maximum absolute atomic E-state index is 12.7. The van der Waals surface area contributed by atoms with Crippen molar-refractivity contribution in [3.8, 4) is 28.9 Å². The Labute approximate surface area is 221 Å². The van der Waals surface area contributed by atoms with Gasteiger partial charge in [-0.15, -0.1) is 0 Å².